The molecule has 3 rings (SSSR count). The van der Waals surface area contributed by atoms with Gasteiger partial charge in [0.05, 0.1) is 19.5 Å². The molecular formula is C14H22N8O5. The van der Waals surface area contributed by atoms with Gasteiger partial charge in [-0.15, -0.1) is 0 Å². The van der Waals surface area contributed by atoms with E-state index in [-0.39, 0.29) is 24.0 Å². The lowest BCUT2D eigenvalue weighted by Crippen LogP contribution is -2.47. The van der Waals surface area contributed by atoms with E-state index in [4.69, 9.17) is 21.2 Å². The third-order valence-corrected chi connectivity index (χ3v) is 4.70. The van der Waals surface area contributed by atoms with Gasteiger partial charge in [0.2, 0.25) is 5.95 Å². The number of esters is 1. The highest BCUT2D eigenvalue weighted by Crippen LogP contribution is 2.45. The first-order chi connectivity index (χ1) is 12.9. The van der Waals surface area contributed by atoms with Crippen LogP contribution in [0.5, 0.6) is 0 Å². The molecule has 2 aromatic rings. The number of aliphatic hydroxyl groups is 2. The third kappa shape index (κ3) is 2.85. The number of ether oxygens (including phenoxy) is 2. The van der Waals surface area contributed by atoms with Crippen molar-refractivity contribution < 1.29 is 24.5 Å². The molecule has 0 amide bonds. The summed E-state index contributed by atoms with van der Waals surface area (Å²) in [6.07, 6.45) is -2.04. The van der Waals surface area contributed by atoms with E-state index in [1.165, 1.54) is 17.8 Å². The van der Waals surface area contributed by atoms with Crippen molar-refractivity contribution in [3.05, 3.63) is 6.33 Å². The molecule has 148 valence electrons. The van der Waals surface area contributed by atoms with Gasteiger partial charge >= 0.3 is 5.97 Å². The van der Waals surface area contributed by atoms with Crippen molar-refractivity contribution in [2.45, 2.75) is 32.3 Å². The second-order valence-corrected chi connectivity index (χ2v) is 6.15. The van der Waals surface area contributed by atoms with Crippen molar-refractivity contribution in [3.8, 4) is 0 Å². The lowest BCUT2D eigenvalue weighted by molar-refractivity contribution is -0.163. The van der Waals surface area contributed by atoms with Crippen LogP contribution in [0.25, 0.3) is 11.2 Å². The highest BCUT2D eigenvalue weighted by molar-refractivity contribution is 5.84. The minimum atomic E-state index is -1.48. The van der Waals surface area contributed by atoms with Gasteiger partial charge in [-0.2, -0.15) is 9.97 Å². The largest absolute Gasteiger partial charge is 0.465 e. The van der Waals surface area contributed by atoms with Crippen LogP contribution in [-0.2, 0) is 14.3 Å². The van der Waals surface area contributed by atoms with Crippen LogP contribution in [0.15, 0.2) is 6.33 Å². The SMILES string of the molecule is CCOC(=O)[C@]1(C)C(O)[C@@H](n2cnc3c(NN)nc(NN)nc32)O[C@@H]1CO. The Morgan fingerprint density at radius 2 is 2.19 bits per heavy atom. The van der Waals surface area contributed by atoms with Gasteiger partial charge < -0.3 is 25.1 Å². The number of carbonyl (C=O) groups excluding carboxylic acids is 1. The van der Waals surface area contributed by atoms with E-state index in [0.29, 0.717) is 5.52 Å². The van der Waals surface area contributed by atoms with Crippen molar-refractivity contribution in [1.82, 2.24) is 19.5 Å². The zero-order chi connectivity index (χ0) is 19.8. The number of carbonyl (C=O) groups is 1. The predicted molar refractivity (Wildman–Crippen MR) is 92.7 cm³/mol. The quantitative estimate of drug-likeness (QED) is 0.187. The first-order valence-corrected chi connectivity index (χ1v) is 8.21. The number of hydrogen-bond donors (Lipinski definition) is 6. The Hall–Kier alpha value is -2.58. The lowest BCUT2D eigenvalue weighted by Gasteiger charge is -2.28. The molecule has 0 aliphatic carbocycles. The van der Waals surface area contributed by atoms with Gasteiger partial charge in [0.25, 0.3) is 0 Å². The fraction of sp³-hybridized carbons (Fsp3) is 0.571. The van der Waals surface area contributed by atoms with Gasteiger partial charge in [-0.05, 0) is 13.8 Å². The number of nitrogens with one attached hydrogen (secondary N) is 2. The molecule has 8 N–H and O–H groups in total. The zero-order valence-electron chi connectivity index (χ0n) is 14.8. The number of nitrogen functional groups attached to an aromatic ring is 2. The van der Waals surface area contributed by atoms with E-state index < -0.39 is 36.4 Å². The van der Waals surface area contributed by atoms with Crippen LogP contribution in [-0.4, -0.2) is 61.1 Å². The van der Waals surface area contributed by atoms with E-state index in [9.17, 15) is 15.0 Å². The summed E-state index contributed by atoms with van der Waals surface area (Å²) in [5.74, 6) is 10.4. The molecule has 3 heterocycles. The summed E-state index contributed by atoms with van der Waals surface area (Å²) < 4.78 is 12.2. The number of anilines is 2. The number of fused-ring (bicyclic) bond motifs is 1. The van der Waals surface area contributed by atoms with E-state index in [0.717, 1.165) is 0 Å². The van der Waals surface area contributed by atoms with Crippen molar-refractivity contribution >= 4 is 28.9 Å². The molecular weight excluding hydrogens is 360 g/mol. The van der Waals surface area contributed by atoms with E-state index in [2.05, 4.69) is 25.8 Å². The Bertz CT molecular complexity index is 844. The molecule has 0 spiro atoms. The smallest absolute Gasteiger partial charge is 0.317 e. The van der Waals surface area contributed by atoms with E-state index in [1.807, 2.05) is 0 Å². The molecule has 13 nitrogen and oxygen atoms in total. The van der Waals surface area contributed by atoms with Crippen LogP contribution in [0.3, 0.4) is 0 Å². The number of aromatic nitrogens is 4. The Morgan fingerprint density at radius 3 is 2.78 bits per heavy atom. The molecule has 0 aromatic carbocycles. The normalized spacial score (nSPS) is 27.7. The Labute approximate surface area is 153 Å². The summed E-state index contributed by atoms with van der Waals surface area (Å²) in [5.41, 5.74) is 3.77. The van der Waals surface area contributed by atoms with Crippen LogP contribution in [0, 0.1) is 5.41 Å². The second-order valence-electron chi connectivity index (χ2n) is 6.15. The van der Waals surface area contributed by atoms with E-state index in [1.54, 1.807) is 6.92 Å². The number of hydrogen-bond acceptors (Lipinski definition) is 12. The molecule has 4 atom stereocenters. The number of nitrogens with two attached hydrogens (primary N) is 2. The average molecular weight is 382 g/mol. The molecule has 1 saturated heterocycles. The summed E-state index contributed by atoms with van der Waals surface area (Å²) in [5, 5.41) is 20.6. The van der Waals surface area contributed by atoms with Crippen LogP contribution in [0.4, 0.5) is 11.8 Å². The first kappa shape index (κ1) is 19.2. The van der Waals surface area contributed by atoms with Crippen molar-refractivity contribution in [1.29, 1.82) is 0 Å². The fourth-order valence-corrected chi connectivity index (χ4v) is 3.13. The minimum absolute atomic E-state index is 0.0524. The predicted octanol–water partition coefficient (Wildman–Crippen LogP) is -1.78. The highest BCUT2D eigenvalue weighted by Gasteiger charge is 2.59. The third-order valence-electron chi connectivity index (χ3n) is 4.70. The number of hydrazine groups is 2. The molecule has 2 aromatic heterocycles. The van der Waals surface area contributed by atoms with Gasteiger partial charge in [0, 0.05) is 0 Å². The lowest BCUT2D eigenvalue weighted by atomic mass is 9.80. The zero-order valence-corrected chi connectivity index (χ0v) is 14.8. The number of nitrogens with zero attached hydrogens (tertiary/aromatic N) is 4. The molecule has 0 saturated carbocycles. The summed E-state index contributed by atoms with van der Waals surface area (Å²) in [7, 11) is 0. The molecule has 1 unspecified atom stereocenters. The van der Waals surface area contributed by atoms with Crippen molar-refractivity contribution in [2.75, 3.05) is 24.1 Å². The molecule has 1 aliphatic heterocycles. The summed E-state index contributed by atoms with van der Waals surface area (Å²) in [6.45, 7) is 2.76. The maximum absolute atomic E-state index is 12.4. The van der Waals surface area contributed by atoms with Crippen molar-refractivity contribution in [3.63, 3.8) is 0 Å². The number of imidazole rings is 1. The van der Waals surface area contributed by atoms with Crippen molar-refractivity contribution in [2.24, 2.45) is 17.1 Å². The van der Waals surface area contributed by atoms with E-state index >= 15 is 0 Å². The summed E-state index contributed by atoms with van der Waals surface area (Å²) >= 11 is 0. The standard InChI is InChI=1S/C14H22N8O5/c1-3-26-12(25)14(2)6(4-23)27-11(8(14)24)22-5-17-7-9(20-15)18-13(21-16)19-10(7)22/h5-6,8,11,23-24H,3-4,15-16H2,1-2H3,(H2,18,19,20,21)/t6-,8?,11+,14+/m1/s1. The fourth-order valence-electron chi connectivity index (χ4n) is 3.13. The Morgan fingerprint density at radius 1 is 1.44 bits per heavy atom. The molecule has 0 radical (unpaired) electrons. The van der Waals surface area contributed by atoms with Gasteiger partial charge in [0.1, 0.15) is 17.6 Å². The average Bonchev–Trinajstić information content (AvgIpc) is 3.21. The molecule has 1 fully saturated rings. The molecule has 1 aliphatic rings. The maximum atomic E-state index is 12.4. The van der Waals surface area contributed by atoms with Crippen LogP contribution < -0.4 is 22.5 Å². The van der Waals surface area contributed by atoms with Gasteiger partial charge in [-0.3, -0.25) is 14.8 Å². The minimum Gasteiger partial charge on any atom is -0.465 e. The molecule has 0 bridgehead atoms. The molecule has 13 heteroatoms. The Kier molecular flexibility index (Phi) is 5.12. The second kappa shape index (κ2) is 7.21. The first-order valence-electron chi connectivity index (χ1n) is 8.21. The summed E-state index contributed by atoms with van der Waals surface area (Å²) in [6, 6.07) is 0. The van der Waals surface area contributed by atoms with Crippen LogP contribution >= 0.6 is 0 Å². The van der Waals surface area contributed by atoms with Gasteiger partial charge in [0.15, 0.2) is 23.2 Å². The molecule has 27 heavy (non-hydrogen) atoms. The van der Waals surface area contributed by atoms with Crippen LogP contribution in [0.1, 0.15) is 20.1 Å². The summed E-state index contributed by atoms with van der Waals surface area (Å²) in [4.78, 5) is 24.9. The Balaban J connectivity index is 2.08. The van der Waals surface area contributed by atoms with Gasteiger partial charge in [-0.1, -0.05) is 0 Å². The number of aliphatic hydroxyl groups excluding tert-OH is 2. The van der Waals surface area contributed by atoms with Gasteiger partial charge in [-0.25, -0.2) is 16.7 Å². The van der Waals surface area contributed by atoms with Crippen LogP contribution in [0.2, 0.25) is 0 Å². The maximum Gasteiger partial charge on any atom is 0.317 e. The number of rotatable bonds is 6. The monoisotopic (exact) mass is 382 g/mol. The highest BCUT2D eigenvalue weighted by atomic mass is 16.6. The topological polar surface area (TPSA) is 196 Å².